The highest BCUT2D eigenvalue weighted by molar-refractivity contribution is 6.12. The molecule has 4 heteroatoms. The Hall–Kier alpha value is -5.09. The Morgan fingerprint density at radius 3 is 1.84 bits per heavy atom. The van der Waals surface area contributed by atoms with E-state index in [-0.39, 0.29) is 10.8 Å². The first kappa shape index (κ1) is 24.5. The van der Waals surface area contributed by atoms with Crippen molar-refractivity contribution in [3.63, 3.8) is 0 Å². The van der Waals surface area contributed by atoms with E-state index in [0.29, 0.717) is 5.95 Å². The highest BCUT2D eigenvalue weighted by atomic mass is 15.2. The maximum absolute atomic E-state index is 5.45. The molecule has 3 aromatic heterocycles. The third-order valence-corrected chi connectivity index (χ3v) is 9.82. The van der Waals surface area contributed by atoms with E-state index in [1.54, 1.807) is 0 Å². The summed E-state index contributed by atoms with van der Waals surface area (Å²) >= 11 is 0. The van der Waals surface area contributed by atoms with Crippen LogP contribution in [-0.2, 0) is 10.8 Å². The lowest BCUT2D eigenvalue weighted by molar-refractivity contribution is 0.603. The van der Waals surface area contributed by atoms with Gasteiger partial charge in [0, 0.05) is 33.5 Å². The van der Waals surface area contributed by atoms with Crippen molar-refractivity contribution in [1.82, 2.24) is 19.5 Å². The van der Waals surface area contributed by atoms with Gasteiger partial charge in [-0.25, -0.2) is 9.97 Å². The topological polar surface area (TPSA) is 43.6 Å². The second kappa shape index (κ2) is 8.26. The Morgan fingerprint density at radius 1 is 0.581 bits per heavy atom. The average molecular weight is 555 g/mol. The molecule has 0 N–H and O–H groups in total. The molecule has 43 heavy (non-hydrogen) atoms. The van der Waals surface area contributed by atoms with Gasteiger partial charge in [-0.15, -0.1) is 0 Å². The fourth-order valence-electron chi connectivity index (χ4n) is 7.92. The minimum atomic E-state index is -0.169. The van der Waals surface area contributed by atoms with Gasteiger partial charge < -0.3 is 0 Å². The van der Waals surface area contributed by atoms with Crippen LogP contribution in [0.5, 0.6) is 0 Å². The molecule has 4 nitrogen and oxygen atoms in total. The van der Waals surface area contributed by atoms with Crippen LogP contribution in [0.25, 0.3) is 61.5 Å². The first-order valence-corrected chi connectivity index (χ1v) is 15.0. The molecule has 0 unspecified atom stereocenters. The van der Waals surface area contributed by atoms with Gasteiger partial charge >= 0.3 is 0 Å². The van der Waals surface area contributed by atoms with E-state index in [4.69, 9.17) is 15.0 Å². The standard InChI is InChI=1S/C39H30N4/c1-38(2)27-17-9-7-15-25(27)35-32(38)33-36(26-16-8-10-18-28(26)39(33,3)4)43(35)37-41-29-21-20-23-13-5-6-14-24(23)31(29)34(42-37)30-19-11-12-22-40-30/h5-22H,1-4H3. The molecule has 7 aromatic rings. The number of hydrogen-bond donors (Lipinski definition) is 0. The van der Waals surface area contributed by atoms with Crippen molar-refractivity contribution in [2.45, 2.75) is 38.5 Å². The van der Waals surface area contributed by atoms with Crippen molar-refractivity contribution in [1.29, 1.82) is 0 Å². The highest BCUT2D eigenvalue weighted by Crippen LogP contribution is 2.61. The number of fused-ring (bicyclic) bond motifs is 10. The molecule has 0 spiro atoms. The Labute approximate surface area is 250 Å². The summed E-state index contributed by atoms with van der Waals surface area (Å²) in [7, 11) is 0. The van der Waals surface area contributed by atoms with E-state index in [0.717, 1.165) is 33.1 Å². The Morgan fingerprint density at radius 2 is 1.19 bits per heavy atom. The predicted octanol–water partition coefficient (Wildman–Crippen LogP) is 9.25. The molecule has 3 heterocycles. The van der Waals surface area contributed by atoms with Crippen molar-refractivity contribution in [2.24, 2.45) is 0 Å². The van der Waals surface area contributed by atoms with Gasteiger partial charge in [-0.3, -0.25) is 9.55 Å². The second-order valence-electron chi connectivity index (χ2n) is 12.9. The van der Waals surface area contributed by atoms with E-state index in [1.165, 1.54) is 44.8 Å². The van der Waals surface area contributed by atoms with Gasteiger partial charge in [-0.05, 0) is 51.2 Å². The van der Waals surface area contributed by atoms with Crippen LogP contribution in [0.1, 0.15) is 49.9 Å². The van der Waals surface area contributed by atoms with Crippen LogP contribution in [0.4, 0.5) is 0 Å². The van der Waals surface area contributed by atoms with Crippen molar-refractivity contribution < 1.29 is 0 Å². The summed E-state index contributed by atoms with van der Waals surface area (Å²) in [6.45, 7) is 9.48. The zero-order chi connectivity index (χ0) is 29.1. The van der Waals surface area contributed by atoms with Crippen molar-refractivity contribution in [3.8, 4) is 39.9 Å². The average Bonchev–Trinajstić information content (AvgIpc) is 3.60. The Kier molecular flexibility index (Phi) is 4.71. The summed E-state index contributed by atoms with van der Waals surface area (Å²) in [4.78, 5) is 15.6. The number of nitrogens with zero attached hydrogens (tertiary/aromatic N) is 4. The summed E-state index contributed by atoms with van der Waals surface area (Å²) < 4.78 is 2.37. The van der Waals surface area contributed by atoms with Crippen LogP contribution < -0.4 is 0 Å². The molecule has 4 aromatic carbocycles. The lowest BCUT2D eigenvalue weighted by Gasteiger charge is -2.28. The normalized spacial score (nSPS) is 15.3. The van der Waals surface area contributed by atoms with Crippen molar-refractivity contribution >= 4 is 21.7 Å². The van der Waals surface area contributed by atoms with Crippen molar-refractivity contribution in [2.75, 3.05) is 0 Å². The fourth-order valence-corrected chi connectivity index (χ4v) is 7.92. The van der Waals surface area contributed by atoms with Gasteiger partial charge in [0.05, 0.1) is 22.6 Å². The van der Waals surface area contributed by atoms with E-state index in [1.807, 2.05) is 18.3 Å². The van der Waals surface area contributed by atoms with Gasteiger partial charge in [0.2, 0.25) is 5.95 Å². The molecule has 2 aliphatic rings. The molecular weight excluding hydrogens is 524 g/mol. The largest absolute Gasteiger partial charge is 0.277 e. The minimum Gasteiger partial charge on any atom is -0.277 e. The number of aromatic nitrogens is 4. The van der Waals surface area contributed by atoms with E-state index < -0.39 is 0 Å². The van der Waals surface area contributed by atoms with Gasteiger partial charge in [0.1, 0.15) is 5.69 Å². The maximum atomic E-state index is 5.45. The molecule has 0 amide bonds. The SMILES string of the molecule is CC1(C)c2ccccc2-c2c1c1c(n2-c2nc(-c3ccccn3)c3c(ccc4ccccc43)n2)-c2ccccc2C1(C)C. The molecule has 0 saturated heterocycles. The third-order valence-electron chi connectivity index (χ3n) is 9.82. The van der Waals surface area contributed by atoms with Crippen LogP contribution in [-0.4, -0.2) is 19.5 Å². The lowest BCUT2D eigenvalue weighted by Crippen LogP contribution is -2.23. The third kappa shape index (κ3) is 3.08. The number of pyridine rings is 1. The zero-order valence-corrected chi connectivity index (χ0v) is 24.7. The summed E-state index contributed by atoms with van der Waals surface area (Å²) in [6.07, 6.45) is 1.84. The number of rotatable bonds is 2. The first-order valence-electron chi connectivity index (χ1n) is 15.0. The van der Waals surface area contributed by atoms with E-state index >= 15 is 0 Å². The summed E-state index contributed by atoms with van der Waals surface area (Å²) in [6, 6.07) is 36.5. The van der Waals surface area contributed by atoms with Gasteiger partial charge in [0.15, 0.2) is 0 Å². The lowest BCUT2D eigenvalue weighted by atomic mass is 9.74. The van der Waals surface area contributed by atoms with Crippen LogP contribution >= 0.6 is 0 Å². The molecule has 0 aliphatic heterocycles. The molecular formula is C39H30N4. The van der Waals surface area contributed by atoms with Gasteiger partial charge in [-0.1, -0.05) is 113 Å². The molecule has 0 saturated carbocycles. The highest BCUT2D eigenvalue weighted by Gasteiger charge is 2.50. The smallest absolute Gasteiger partial charge is 0.235 e. The minimum absolute atomic E-state index is 0.169. The quantitative estimate of drug-likeness (QED) is 0.200. The maximum Gasteiger partial charge on any atom is 0.235 e. The van der Waals surface area contributed by atoms with Gasteiger partial charge in [0.25, 0.3) is 0 Å². The molecule has 0 bridgehead atoms. The second-order valence-corrected chi connectivity index (χ2v) is 12.9. The van der Waals surface area contributed by atoms with Crippen LogP contribution in [0.15, 0.2) is 109 Å². The fraction of sp³-hybridized carbons (Fsp3) is 0.154. The van der Waals surface area contributed by atoms with Crippen molar-refractivity contribution in [3.05, 3.63) is 132 Å². The molecule has 2 aliphatic carbocycles. The number of benzene rings is 4. The summed E-state index contributed by atoms with van der Waals surface area (Å²) in [5, 5.41) is 3.33. The number of hydrogen-bond acceptors (Lipinski definition) is 3. The summed E-state index contributed by atoms with van der Waals surface area (Å²) in [5.41, 5.74) is 12.7. The molecule has 206 valence electrons. The Balaban J connectivity index is 1.47. The molecule has 0 fully saturated rings. The monoisotopic (exact) mass is 554 g/mol. The zero-order valence-electron chi connectivity index (χ0n) is 24.7. The molecule has 0 radical (unpaired) electrons. The Bertz CT molecular complexity index is 2210. The van der Waals surface area contributed by atoms with E-state index in [9.17, 15) is 0 Å². The molecule has 0 atom stereocenters. The molecule has 9 rings (SSSR count). The van der Waals surface area contributed by atoms with Crippen LogP contribution in [0.3, 0.4) is 0 Å². The van der Waals surface area contributed by atoms with Crippen LogP contribution in [0.2, 0.25) is 0 Å². The van der Waals surface area contributed by atoms with Gasteiger partial charge in [-0.2, -0.15) is 0 Å². The summed E-state index contributed by atoms with van der Waals surface area (Å²) in [5.74, 6) is 0.681. The van der Waals surface area contributed by atoms with Crippen LogP contribution in [0, 0.1) is 0 Å². The van der Waals surface area contributed by atoms with E-state index in [2.05, 4.69) is 123 Å². The predicted molar refractivity (Wildman–Crippen MR) is 175 cm³/mol. The first-order chi connectivity index (χ1) is 20.9.